The topological polar surface area (TPSA) is 94.5 Å². The van der Waals surface area contributed by atoms with Gasteiger partial charge in [-0.05, 0) is 6.07 Å². The summed E-state index contributed by atoms with van der Waals surface area (Å²) in [6.07, 6.45) is 4.96. The molecule has 1 amide bonds. The van der Waals surface area contributed by atoms with Gasteiger partial charge in [0.25, 0.3) is 5.91 Å². The first-order valence-corrected chi connectivity index (χ1v) is 7.52. The van der Waals surface area contributed by atoms with E-state index in [9.17, 15) is 4.79 Å². The first-order chi connectivity index (χ1) is 11.8. The van der Waals surface area contributed by atoms with Crippen LogP contribution >= 0.6 is 0 Å². The van der Waals surface area contributed by atoms with E-state index in [2.05, 4.69) is 15.1 Å². The zero-order valence-corrected chi connectivity index (χ0v) is 12.7. The summed E-state index contributed by atoms with van der Waals surface area (Å²) in [4.78, 5) is 22.6. The van der Waals surface area contributed by atoms with Crippen molar-refractivity contribution in [2.45, 2.75) is 12.5 Å². The molecule has 0 N–H and O–H groups in total. The van der Waals surface area contributed by atoms with Crippen molar-refractivity contribution in [2.75, 3.05) is 13.1 Å². The van der Waals surface area contributed by atoms with Gasteiger partial charge in [-0.15, -0.1) is 0 Å². The lowest BCUT2D eigenvalue weighted by Crippen LogP contribution is -2.31. The molecule has 4 heterocycles. The molecule has 1 aliphatic heterocycles. The van der Waals surface area contributed by atoms with Gasteiger partial charge in [-0.2, -0.15) is 0 Å². The molecule has 0 radical (unpaired) electrons. The van der Waals surface area contributed by atoms with E-state index >= 15 is 0 Å². The molecule has 1 fully saturated rings. The molecule has 3 aromatic heterocycles. The van der Waals surface area contributed by atoms with Crippen molar-refractivity contribution in [3.8, 4) is 17.3 Å². The molecule has 0 aromatic carbocycles. The number of likely N-dealkylation sites (tertiary alicyclic amines) is 1. The number of ether oxygens (including phenoxy) is 1. The van der Waals surface area contributed by atoms with Crippen LogP contribution in [0.3, 0.4) is 0 Å². The van der Waals surface area contributed by atoms with Crippen LogP contribution in [0, 0.1) is 0 Å². The lowest BCUT2D eigenvalue weighted by molar-refractivity contribution is 0.0766. The fourth-order valence-corrected chi connectivity index (χ4v) is 2.66. The Hall–Kier alpha value is -3.16. The zero-order chi connectivity index (χ0) is 16.4. The van der Waals surface area contributed by atoms with Crippen LogP contribution < -0.4 is 4.74 Å². The van der Waals surface area contributed by atoms with Gasteiger partial charge in [0.05, 0.1) is 6.54 Å². The van der Waals surface area contributed by atoms with Gasteiger partial charge in [-0.1, -0.05) is 11.2 Å². The number of amides is 1. The molecule has 24 heavy (non-hydrogen) atoms. The van der Waals surface area contributed by atoms with E-state index in [1.54, 1.807) is 23.2 Å². The molecule has 0 saturated carbocycles. The minimum absolute atomic E-state index is 0.0914. The lowest BCUT2D eigenvalue weighted by Gasteiger charge is -2.16. The zero-order valence-electron chi connectivity index (χ0n) is 12.7. The first-order valence-electron chi connectivity index (χ1n) is 7.52. The van der Waals surface area contributed by atoms with Crippen LogP contribution in [0.1, 0.15) is 16.9 Å². The van der Waals surface area contributed by atoms with Gasteiger partial charge in [0, 0.05) is 31.3 Å². The van der Waals surface area contributed by atoms with Crippen molar-refractivity contribution in [3.05, 3.63) is 48.8 Å². The van der Waals surface area contributed by atoms with Crippen molar-refractivity contribution in [1.29, 1.82) is 0 Å². The number of hydrogen-bond donors (Lipinski definition) is 0. The molecule has 0 aliphatic carbocycles. The van der Waals surface area contributed by atoms with E-state index in [1.165, 1.54) is 12.7 Å². The number of hydrogen-bond acceptors (Lipinski definition) is 7. The Morgan fingerprint density at radius 3 is 3.04 bits per heavy atom. The highest BCUT2D eigenvalue weighted by Gasteiger charge is 2.32. The van der Waals surface area contributed by atoms with Crippen molar-refractivity contribution < 1.29 is 18.5 Å². The van der Waals surface area contributed by atoms with Crippen molar-refractivity contribution in [1.82, 2.24) is 20.0 Å². The molecular weight excluding hydrogens is 312 g/mol. The van der Waals surface area contributed by atoms with Crippen LogP contribution in [0.5, 0.6) is 5.88 Å². The predicted octanol–water partition coefficient (Wildman–Crippen LogP) is 2.02. The fourth-order valence-electron chi connectivity index (χ4n) is 2.66. The summed E-state index contributed by atoms with van der Waals surface area (Å²) in [5.41, 5.74) is 0.665. The minimum Gasteiger partial charge on any atom is -0.472 e. The highest BCUT2D eigenvalue weighted by atomic mass is 16.5. The van der Waals surface area contributed by atoms with Gasteiger partial charge < -0.3 is 18.6 Å². The highest BCUT2D eigenvalue weighted by molar-refractivity contribution is 5.97. The molecule has 0 bridgehead atoms. The summed E-state index contributed by atoms with van der Waals surface area (Å²) in [5, 5.41) is 3.79. The second-order valence-corrected chi connectivity index (χ2v) is 5.36. The minimum atomic E-state index is -0.214. The van der Waals surface area contributed by atoms with Crippen LogP contribution in [0.4, 0.5) is 0 Å². The largest absolute Gasteiger partial charge is 0.472 e. The van der Waals surface area contributed by atoms with E-state index in [-0.39, 0.29) is 17.7 Å². The third kappa shape index (κ3) is 2.73. The molecule has 3 aromatic rings. The van der Waals surface area contributed by atoms with Crippen LogP contribution in [-0.2, 0) is 0 Å². The predicted molar refractivity (Wildman–Crippen MR) is 81.2 cm³/mol. The molecule has 1 unspecified atom stereocenters. The average Bonchev–Trinajstić information content (AvgIpc) is 3.35. The van der Waals surface area contributed by atoms with E-state index < -0.39 is 0 Å². The van der Waals surface area contributed by atoms with Gasteiger partial charge in [0.15, 0.2) is 23.5 Å². The smallest absolute Gasteiger partial charge is 0.276 e. The number of nitrogens with zero attached hydrogens (tertiary/aromatic N) is 4. The summed E-state index contributed by atoms with van der Waals surface area (Å²) < 4.78 is 15.9. The number of aromatic nitrogens is 3. The maximum absolute atomic E-state index is 12.7. The fraction of sp³-hybridized carbons (Fsp3) is 0.250. The number of oxazole rings is 1. The molecule has 8 nitrogen and oxygen atoms in total. The monoisotopic (exact) mass is 326 g/mol. The van der Waals surface area contributed by atoms with E-state index in [1.807, 2.05) is 12.1 Å². The summed E-state index contributed by atoms with van der Waals surface area (Å²) in [6, 6.07) is 7.10. The Bertz CT molecular complexity index is 816. The molecule has 1 atom stereocenters. The van der Waals surface area contributed by atoms with Gasteiger partial charge in [0.2, 0.25) is 5.88 Å². The van der Waals surface area contributed by atoms with Gasteiger partial charge >= 0.3 is 0 Å². The van der Waals surface area contributed by atoms with Gasteiger partial charge in [0.1, 0.15) is 12.4 Å². The Labute approximate surface area is 137 Å². The van der Waals surface area contributed by atoms with Crippen LogP contribution in [-0.4, -0.2) is 45.1 Å². The van der Waals surface area contributed by atoms with Crippen molar-refractivity contribution in [2.24, 2.45) is 0 Å². The van der Waals surface area contributed by atoms with Crippen LogP contribution in [0.25, 0.3) is 11.5 Å². The number of carbonyl (C=O) groups is 1. The molecular formula is C16H14N4O4. The van der Waals surface area contributed by atoms with E-state index in [0.29, 0.717) is 30.4 Å². The molecule has 122 valence electrons. The molecule has 0 spiro atoms. The summed E-state index contributed by atoms with van der Waals surface area (Å²) in [7, 11) is 0. The van der Waals surface area contributed by atoms with E-state index in [0.717, 1.165) is 6.42 Å². The number of carbonyl (C=O) groups excluding carboxylic acids is 1. The Morgan fingerprint density at radius 1 is 1.29 bits per heavy atom. The Morgan fingerprint density at radius 2 is 2.25 bits per heavy atom. The average molecular weight is 326 g/mol. The summed E-state index contributed by atoms with van der Waals surface area (Å²) >= 11 is 0. The second kappa shape index (κ2) is 6.15. The number of rotatable bonds is 4. The SMILES string of the molecule is O=C(c1ncoc1-c1ccon1)N1CCC(Oc2ccccn2)C1. The van der Waals surface area contributed by atoms with Crippen molar-refractivity contribution in [3.63, 3.8) is 0 Å². The van der Waals surface area contributed by atoms with E-state index in [4.69, 9.17) is 13.7 Å². The molecule has 1 aliphatic rings. The first kappa shape index (κ1) is 14.4. The highest BCUT2D eigenvalue weighted by Crippen LogP contribution is 2.24. The van der Waals surface area contributed by atoms with Crippen LogP contribution in [0.2, 0.25) is 0 Å². The third-order valence-electron chi connectivity index (χ3n) is 3.80. The molecule has 1 saturated heterocycles. The Balaban J connectivity index is 1.46. The lowest BCUT2D eigenvalue weighted by atomic mass is 10.2. The van der Waals surface area contributed by atoms with Crippen LogP contribution in [0.15, 0.2) is 52.1 Å². The molecule has 8 heteroatoms. The second-order valence-electron chi connectivity index (χ2n) is 5.36. The van der Waals surface area contributed by atoms with Gasteiger partial charge in [-0.25, -0.2) is 9.97 Å². The maximum Gasteiger partial charge on any atom is 0.276 e. The summed E-state index contributed by atoms with van der Waals surface area (Å²) in [6.45, 7) is 1.06. The number of pyridine rings is 1. The third-order valence-corrected chi connectivity index (χ3v) is 3.80. The normalized spacial score (nSPS) is 17.2. The Kier molecular flexibility index (Phi) is 3.70. The standard InChI is InChI=1S/C16H14N4O4/c21-16(14-15(22-10-18-14)12-5-8-23-19-12)20-7-4-11(9-20)24-13-3-1-2-6-17-13/h1-3,5-6,8,10-11H,4,7,9H2. The van der Waals surface area contributed by atoms with Crippen molar-refractivity contribution >= 4 is 5.91 Å². The maximum atomic E-state index is 12.7. The molecule has 4 rings (SSSR count). The summed E-state index contributed by atoms with van der Waals surface area (Å²) in [5.74, 6) is 0.651. The van der Waals surface area contributed by atoms with Gasteiger partial charge in [-0.3, -0.25) is 4.79 Å². The quantitative estimate of drug-likeness (QED) is 0.724.